The number of rotatable bonds is 4. The van der Waals surface area contributed by atoms with Crippen LogP contribution in [-0.2, 0) is 9.84 Å². The lowest BCUT2D eigenvalue weighted by molar-refractivity contribution is 0.585. The van der Waals surface area contributed by atoms with Gasteiger partial charge in [0.25, 0.3) is 0 Å². The van der Waals surface area contributed by atoms with Crippen molar-refractivity contribution in [1.82, 2.24) is 9.55 Å². The van der Waals surface area contributed by atoms with E-state index in [1.54, 1.807) is 16.7 Å². The number of aromatic nitrogens is 2. The van der Waals surface area contributed by atoms with E-state index < -0.39 is 15.8 Å². The molecule has 0 aliphatic carbocycles. The molecule has 0 aliphatic heterocycles. The Hall–Kier alpha value is -1.95. The largest absolute Gasteiger partial charge is 0.300 e. The van der Waals surface area contributed by atoms with Gasteiger partial charge in [0.1, 0.15) is 5.82 Å². The molecule has 1 unspecified atom stereocenters. The number of benzene rings is 1. The number of sulfone groups is 1. The Labute approximate surface area is 130 Å². The summed E-state index contributed by atoms with van der Waals surface area (Å²) in [5.41, 5.74) is 1.79. The van der Waals surface area contributed by atoms with E-state index in [4.69, 9.17) is 0 Å². The quantitative estimate of drug-likeness (QED) is 0.810. The molecule has 2 rings (SSSR count). The molecule has 1 aromatic heterocycles. The third-order valence-electron chi connectivity index (χ3n) is 3.24. The second kappa shape index (κ2) is 6.04. The van der Waals surface area contributed by atoms with Crippen LogP contribution in [0.25, 0.3) is 5.69 Å². The topological polar surface area (TPSA) is 52.0 Å². The minimum absolute atomic E-state index is 0.0518. The standard InChI is InChI=1S/C16H19FN2O2S/c1-11(2)9-12(3)16-18-15(17)10-19(16)13-5-7-14(8-6-13)22(4,20)21/h5-10,12H,1-4H3. The number of halogens is 1. The lowest BCUT2D eigenvalue weighted by atomic mass is 10.1. The van der Waals surface area contributed by atoms with Gasteiger partial charge in [-0.3, -0.25) is 0 Å². The van der Waals surface area contributed by atoms with E-state index in [2.05, 4.69) is 4.98 Å². The molecule has 22 heavy (non-hydrogen) atoms. The molecule has 0 spiro atoms. The van der Waals surface area contributed by atoms with Crippen molar-refractivity contribution in [2.75, 3.05) is 6.26 Å². The maximum atomic E-state index is 13.6. The first-order chi connectivity index (χ1) is 10.2. The van der Waals surface area contributed by atoms with Crippen molar-refractivity contribution in [3.63, 3.8) is 0 Å². The van der Waals surface area contributed by atoms with Crippen LogP contribution in [0, 0.1) is 5.95 Å². The summed E-state index contributed by atoms with van der Waals surface area (Å²) in [4.78, 5) is 4.18. The Morgan fingerprint density at radius 2 is 1.86 bits per heavy atom. The summed E-state index contributed by atoms with van der Waals surface area (Å²) in [5.74, 6) is -0.0360. The van der Waals surface area contributed by atoms with Crippen molar-refractivity contribution in [1.29, 1.82) is 0 Å². The van der Waals surface area contributed by atoms with Crippen LogP contribution >= 0.6 is 0 Å². The Bertz CT molecular complexity index is 801. The lowest BCUT2D eigenvalue weighted by Crippen LogP contribution is -2.04. The molecule has 1 aromatic carbocycles. The van der Waals surface area contributed by atoms with Crippen molar-refractivity contribution < 1.29 is 12.8 Å². The molecule has 4 nitrogen and oxygen atoms in total. The van der Waals surface area contributed by atoms with Gasteiger partial charge in [0, 0.05) is 17.9 Å². The van der Waals surface area contributed by atoms with Crippen molar-refractivity contribution in [3.05, 3.63) is 53.9 Å². The summed E-state index contributed by atoms with van der Waals surface area (Å²) in [6, 6.07) is 6.32. The van der Waals surface area contributed by atoms with E-state index in [0.717, 1.165) is 11.8 Å². The molecule has 0 radical (unpaired) electrons. The van der Waals surface area contributed by atoms with Crippen molar-refractivity contribution in [2.24, 2.45) is 0 Å². The van der Waals surface area contributed by atoms with Crippen LogP contribution in [0.5, 0.6) is 0 Å². The zero-order valence-electron chi connectivity index (χ0n) is 13.0. The van der Waals surface area contributed by atoms with Crippen LogP contribution in [-0.4, -0.2) is 24.2 Å². The van der Waals surface area contributed by atoms with Gasteiger partial charge in [0.2, 0.25) is 5.95 Å². The van der Waals surface area contributed by atoms with E-state index in [-0.39, 0.29) is 10.8 Å². The highest BCUT2D eigenvalue weighted by molar-refractivity contribution is 7.90. The van der Waals surface area contributed by atoms with Crippen LogP contribution < -0.4 is 0 Å². The average Bonchev–Trinajstić information content (AvgIpc) is 2.79. The third kappa shape index (κ3) is 3.62. The summed E-state index contributed by atoms with van der Waals surface area (Å²) in [7, 11) is -3.25. The SMILES string of the molecule is CC(C)=CC(C)c1nc(F)cn1-c1ccc(S(C)(=O)=O)cc1. The van der Waals surface area contributed by atoms with Gasteiger partial charge in [-0.1, -0.05) is 18.6 Å². The number of hydrogen-bond donors (Lipinski definition) is 0. The number of hydrogen-bond acceptors (Lipinski definition) is 3. The Morgan fingerprint density at radius 1 is 1.27 bits per heavy atom. The molecule has 1 atom stereocenters. The van der Waals surface area contributed by atoms with Crippen LogP contribution in [0.3, 0.4) is 0 Å². The second-order valence-electron chi connectivity index (χ2n) is 5.59. The molecule has 0 saturated heterocycles. The minimum Gasteiger partial charge on any atom is -0.300 e. The fourth-order valence-electron chi connectivity index (χ4n) is 2.32. The third-order valence-corrected chi connectivity index (χ3v) is 4.37. The van der Waals surface area contributed by atoms with E-state index in [0.29, 0.717) is 11.5 Å². The second-order valence-corrected chi connectivity index (χ2v) is 7.61. The molecule has 0 N–H and O–H groups in total. The van der Waals surface area contributed by atoms with Gasteiger partial charge in [-0.05, 0) is 38.1 Å². The van der Waals surface area contributed by atoms with Gasteiger partial charge in [-0.2, -0.15) is 4.39 Å². The molecule has 0 saturated carbocycles. The first-order valence-corrected chi connectivity index (χ1v) is 8.78. The molecule has 0 bridgehead atoms. The summed E-state index contributed by atoms with van der Waals surface area (Å²) in [6.45, 7) is 5.89. The van der Waals surface area contributed by atoms with Crippen molar-refractivity contribution >= 4 is 9.84 Å². The number of allylic oxidation sites excluding steroid dienone is 2. The van der Waals surface area contributed by atoms with E-state index in [1.165, 1.54) is 18.3 Å². The first kappa shape index (κ1) is 16.4. The highest BCUT2D eigenvalue weighted by atomic mass is 32.2. The highest BCUT2D eigenvalue weighted by Gasteiger charge is 2.15. The fraction of sp³-hybridized carbons (Fsp3) is 0.312. The normalized spacial score (nSPS) is 13.0. The maximum absolute atomic E-state index is 13.6. The molecule has 6 heteroatoms. The van der Waals surface area contributed by atoms with Gasteiger partial charge in [-0.25, -0.2) is 13.4 Å². The predicted octanol–water partition coefficient (Wildman–Crippen LogP) is 3.48. The molecule has 0 amide bonds. The van der Waals surface area contributed by atoms with Crippen LogP contribution in [0.15, 0.2) is 47.0 Å². The van der Waals surface area contributed by atoms with Gasteiger partial charge >= 0.3 is 0 Å². The van der Waals surface area contributed by atoms with Crippen molar-refractivity contribution in [2.45, 2.75) is 31.6 Å². The fourth-order valence-corrected chi connectivity index (χ4v) is 2.95. The van der Waals surface area contributed by atoms with Crippen LogP contribution in [0.1, 0.15) is 32.5 Å². The maximum Gasteiger partial charge on any atom is 0.231 e. The Balaban J connectivity index is 2.47. The first-order valence-electron chi connectivity index (χ1n) is 6.89. The Kier molecular flexibility index (Phi) is 4.51. The smallest absolute Gasteiger partial charge is 0.231 e. The molecule has 2 aromatic rings. The lowest BCUT2D eigenvalue weighted by Gasteiger charge is -2.12. The summed E-state index contributed by atoms with van der Waals surface area (Å²) >= 11 is 0. The minimum atomic E-state index is -3.25. The van der Waals surface area contributed by atoms with Gasteiger partial charge in [0.05, 0.1) is 11.1 Å². The molecule has 118 valence electrons. The van der Waals surface area contributed by atoms with Gasteiger partial charge < -0.3 is 4.57 Å². The molecule has 0 fully saturated rings. The van der Waals surface area contributed by atoms with E-state index in [1.807, 2.05) is 26.8 Å². The Morgan fingerprint density at radius 3 is 2.36 bits per heavy atom. The van der Waals surface area contributed by atoms with Crippen LogP contribution in [0.2, 0.25) is 0 Å². The van der Waals surface area contributed by atoms with E-state index >= 15 is 0 Å². The number of nitrogens with zero attached hydrogens (tertiary/aromatic N) is 2. The summed E-state index contributed by atoms with van der Waals surface area (Å²) in [5, 5.41) is 0. The molecule has 0 aliphatic rings. The monoisotopic (exact) mass is 322 g/mol. The zero-order chi connectivity index (χ0) is 16.5. The summed E-state index contributed by atoms with van der Waals surface area (Å²) < 4.78 is 38.2. The summed E-state index contributed by atoms with van der Waals surface area (Å²) in [6.07, 6.45) is 4.46. The molecule has 1 heterocycles. The predicted molar refractivity (Wildman–Crippen MR) is 84.5 cm³/mol. The van der Waals surface area contributed by atoms with Gasteiger partial charge in [-0.15, -0.1) is 0 Å². The van der Waals surface area contributed by atoms with Crippen molar-refractivity contribution in [3.8, 4) is 5.69 Å². The van der Waals surface area contributed by atoms with Crippen LogP contribution in [0.4, 0.5) is 4.39 Å². The van der Waals surface area contributed by atoms with E-state index in [9.17, 15) is 12.8 Å². The highest BCUT2D eigenvalue weighted by Crippen LogP contribution is 2.22. The molecular weight excluding hydrogens is 303 g/mol. The van der Waals surface area contributed by atoms with Gasteiger partial charge in [0.15, 0.2) is 9.84 Å². The molecular formula is C16H19FN2O2S. The zero-order valence-corrected chi connectivity index (χ0v) is 13.9. The number of imidazole rings is 1. The average molecular weight is 322 g/mol.